The van der Waals surface area contributed by atoms with Gasteiger partial charge in [-0.3, -0.25) is 0 Å². The first-order valence-corrected chi connectivity index (χ1v) is 4.77. The van der Waals surface area contributed by atoms with Gasteiger partial charge in [0.05, 0.1) is 11.7 Å². The van der Waals surface area contributed by atoms with E-state index in [1.165, 1.54) is 0 Å². The van der Waals surface area contributed by atoms with Crippen molar-refractivity contribution in [3.05, 3.63) is 0 Å². The van der Waals surface area contributed by atoms with Crippen LogP contribution in [-0.4, -0.2) is 30.3 Å². The molecule has 0 aromatic heterocycles. The van der Waals surface area contributed by atoms with Crippen LogP contribution in [0.25, 0.3) is 0 Å². The van der Waals surface area contributed by atoms with Gasteiger partial charge in [-0.05, 0) is 37.0 Å². The van der Waals surface area contributed by atoms with E-state index >= 15 is 0 Å². The maximum absolute atomic E-state index is 10.0. The molecule has 0 spiro atoms. The maximum Gasteiger partial charge on any atom is 0.0910 e. The number of hydrogen-bond acceptors (Lipinski definition) is 2. The molecule has 0 saturated heterocycles. The van der Waals surface area contributed by atoms with E-state index in [0.717, 1.165) is 12.8 Å². The summed E-state index contributed by atoms with van der Waals surface area (Å²) in [7, 11) is 0. The lowest BCUT2D eigenvalue weighted by molar-refractivity contribution is -0.245. The van der Waals surface area contributed by atoms with Gasteiger partial charge in [0, 0.05) is 8.41 Å². The minimum Gasteiger partial charge on any atom is -0.390 e. The molecule has 3 aliphatic rings. The standard InChI is InChI=1S/C10H18O2.B/c1-9(2)6-4-7(9)10(3,12)8(11)5-6;/h6-8,11-12H,4-5H2,1-3H3;. The van der Waals surface area contributed by atoms with Gasteiger partial charge in [-0.15, -0.1) is 0 Å². The average molecular weight is 181 g/mol. The summed E-state index contributed by atoms with van der Waals surface area (Å²) >= 11 is 0. The first kappa shape index (κ1) is 11.1. The van der Waals surface area contributed by atoms with Crippen LogP contribution in [0.3, 0.4) is 0 Å². The van der Waals surface area contributed by atoms with Crippen molar-refractivity contribution < 1.29 is 10.2 Å². The van der Waals surface area contributed by atoms with E-state index in [2.05, 4.69) is 13.8 Å². The maximum atomic E-state index is 10.0. The second-order valence-corrected chi connectivity index (χ2v) is 5.28. The summed E-state index contributed by atoms with van der Waals surface area (Å²) in [4.78, 5) is 0. The van der Waals surface area contributed by atoms with Crippen LogP contribution in [0.2, 0.25) is 0 Å². The van der Waals surface area contributed by atoms with E-state index < -0.39 is 11.7 Å². The van der Waals surface area contributed by atoms with Crippen LogP contribution in [-0.2, 0) is 0 Å². The Hall–Kier alpha value is -0.0151. The monoisotopic (exact) mass is 181 g/mol. The Morgan fingerprint density at radius 1 is 1.15 bits per heavy atom. The highest BCUT2D eigenvalue weighted by molar-refractivity contribution is 5.75. The smallest absolute Gasteiger partial charge is 0.0910 e. The predicted octanol–water partition coefficient (Wildman–Crippen LogP) is 0.783. The molecule has 2 nitrogen and oxygen atoms in total. The summed E-state index contributed by atoms with van der Waals surface area (Å²) < 4.78 is 0. The molecule has 0 aliphatic heterocycles. The Bertz CT molecular complexity index is 213. The second-order valence-electron chi connectivity index (χ2n) is 5.28. The molecular formula is C10H18BO2. The number of fused-ring (bicyclic) bond motifs is 2. The summed E-state index contributed by atoms with van der Waals surface area (Å²) in [6, 6.07) is 0. The van der Waals surface area contributed by atoms with Crippen molar-refractivity contribution >= 4 is 8.41 Å². The second kappa shape index (κ2) is 2.74. The third kappa shape index (κ3) is 1.17. The number of aliphatic hydroxyl groups is 2. The molecule has 3 saturated carbocycles. The van der Waals surface area contributed by atoms with Crippen molar-refractivity contribution in [3.63, 3.8) is 0 Å². The SMILES string of the molecule is CC1(C)C2CC(O)C(C)(O)C1C2.[B]. The molecule has 3 rings (SSSR count). The Labute approximate surface area is 81.9 Å². The molecule has 3 fully saturated rings. The lowest BCUT2D eigenvalue weighted by Crippen LogP contribution is -2.66. The van der Waals surface area contributed by atoms with Crippen molar-refractivity contribution in [2.75, 3.05) is 0 Å². The summed E-state index contributed by atoms with van der Waals surface area (Å²) in [5, 5.41) is 19.7. The predicted molar refractivity (Wildman–Crippen MR) is 52.4 cm³/mol. The van der Waals surface area contributed by atoms with Crippen molar-refractivity contribution in [1.82, 2.24) is 0 Å². The zero-order chi connectivity index (χ0) is 9.15. The van der Waals surface area contributed by atoms with Gasteiger partial charge in [-0.25, -0.2) is 0 Å². The van der Waals surface area contributed by atoms with Gasteiger partial charge in [-0.2, -0.15) is 0 Å². The summed E-state index contributed by atoms with van der Waals surface area (Å²) in [5.41, 5.74) is -0.610. The van der Waals surface area contributed by atoms with E-state index in [1.54, 1.807) is 6.92 Å². The largest absolute Gasteiger partial charge is 0.390 e. The molecule has 3 radical (unpaired) electrons. The van der Waals surface area contributed by atoms with Crippen LogP contribution in [0, 0.1) is 17.3 Å². The molecule has 0 aromatic rings. The lowest BCUT2D eigenvalue weighted by atomic mass is 9.43. The van der Waals surface area contributed by atoms with Gasteiger partial charge in [0.1, 0.15) is 0 Å². The lowest BCUT2D eigenvalue weighted by Gasteiger charge is -2.64. The quantitative estimate of drug-likeness (QED) is 0.542. The molecule has 13 heavy (non-hydrogen) atoms. The van der Waals surface area contributed by atoms with Gasteiger partial charge >= 0.3 is 0 Å². The van der Waals surface area contributed by atoms with Gasteiger partial charge in [0.25, 0.3) is 0 Å². The van der Waals surface area contributed by atoms with E-state index in [1.807, 2.05) is 0 Å². The van der Waals surface area contributed by atoms with Crippen molar-refractivity contribution in [3.8, 4) is 0 Å². The number of rotatable bonds is 0. The van der Waals surface area contributed by atoms with Crippen LogP contribution in [0.1, 0.15) is 33.6 Å². The summed E-state index contributed by atoms with van der Waals surface area (Å²) in [5.74, 6) is 0.913. The summed E-state index contributed by atoms with van der Waals surface area (Å²) in [6.07, 6.45) is 1.36. The average Bonchev–Trinajstić information content (AvgIpc) is 1.93. The minimum atomic E-state index is -0.849. The van der Waals surface area contributed by atoms with E-state index in [9.17, 15) is 10.2 Å². The minimum absolute atomic E-state index is 0. The zero-order valence-corrected chi connectivity index (χ0v) is 8.62. The Balaban J connectivity index is 0.000000845. The highest BCUT2D eigenvalue weighted by atomic mass is 16.3. The number of hydrogen-bond donors (Lipinski definition) is 2. The number of aliphatic hydroxyl groups excluding tert-OH is 1. The molecule has 73 valence electrons. The highest BCUT2D eigenvalue weighted by Crippen LogP contribution is 2.62. The normalized spacial score (nSPS) is 51.9. The first-order chi connectivity index (χ1) is 5.37. The van der Waals surface area contributed by atoms with Crippen LogP contribution >= 0.6 is 0 Å². The van der Waals surface area contributed by atoms with Crippen LogP contribution in [0.15, 0.2) is 0 Å². The van der Waals surface area contributed by atoms with E-state index in [-0.39, 0.29) is 13.8 Å². The third-order valence-corrected chi connectivity index (χ3v) is 4.36. The molecule has 2 N–H and O–H groups in total. The van der Waals surface area contributed by atoms with Crippen molar-refractivity contribution in [1.29, 1.82) is 0 Å². The topological polar surface area (TPSA) is 40.5 Å². The summed E-state index contributed by atoms with van der Waals surface area (Å²) in [6.45, 7) is 6.18. The molecule has 3 aliphatic carbocycles. The molecule has 0 amide bonds. The molecule has 2 bridgehead atoms. The molecule has 0 aromatic carbocycles. The fraction of sp³-hybridized carbons (Fsp3) is 1.00. The van der Waals surface area contributed by atoms with E-state index in [0.29, 0.717) is 11.8 Å². The van der Waals surface area contributed by atoms with Gasteiger partial charge in [0.15, 0.2) is 0 Å². The Morgan fingerprint density at radius 3 is 2.00 bits per heavy atom. The van der Waals surface area contributed by atoms with Crippen LogP contribution in [0.4, 0.5) is 0 Å². The van der Waals surface area contributed by atoms with Crippen molar-refractivity contribution in [2.45, 2.75) is 45.3 Å². The van der Waals surface area contributed by atoms with Crippen LogP contribution in [0.5, 0.6) is 0 Å². The fourth-order valence-corrected chi connectivity index (χ4v) is 3.15. The van der Waals surface area contributed by atoms with Gasteiger partial charge in [-0.1, -0.05) is 13.8 Å². The Kier molecular flexibility index (Phi) is 2.33. The van der Waals surface area contributed by atoms with Crippen molar-refractivity contribution in [2.24, 2.45) is 17.3 Å². The third-order valence-electron chi connectivity index (χ3n) is 4.36. The van der Waals surface area contributed by atoms with Gasteiger partial charge < -0.3 is 10.2 Å². The fourth-order valence-electron chi connectivity index (χ4n) is 3.15. The highest BCUT2D eigenvalue weighted by Gasteiger charge is 2.62. The molecular weight excluding hydrogens is 163 g/mol. The molecule has 4 unspecified atom stereocenters. The van der Waals surface area contributed by atoms with Gasteiger partial charge in [0.2, 0.25) is 0 Å². The Morgan fingerprint density at radius 2 is 1.69 bits per heavy atom. The zero-order valence-electron chi connectivity index (χ0n) is 8.62. The molecule has 4 atom stereocenters. The first-order valence-electron chi connectivity index (χ1n) is 4.77. The van der Waals surface area contributed by atoms with Crippen LogP contribution < -0.4 is 0 Å². The molecule has 3 heteroatoms. The van der Waals surface area contributed by atoms with E-state index in [4.69, 9.17) is 0 Å². The molecule has 0 heterocycles.